The van der Waals surface area contributed by atoms with Crippen molar-refractivity contribution in [2.75, 3.05) is 16.4 Å². The quantitative estimate of drug-likeness (QED) is 0.579. The van der Waals surface area contributed by atoms with Gasteiger partial charge < -0.3 is 16.4 Å². The molecule has 0 atom stereocenters. The molecule has 22 heavy (non-hydrogen) atoms. The Morgan fingerprint density at radius 1 is 0.955 bits per heavy atom. The first kappa shape index (κ1) is 16.1. The number of nitrogens with two attached hydrogens (primary N) is 1. The predicted molar refractivity (Wildman–Crippen MR) is 89.3 cm³/mol. The number of benzene rings is 2. The van der Waals surface area contributed by atoms with Crippen molar-refractivity contribution in [3.05, 3.63) is 52.0 Å². The highest BCUT2D eigenvalue weighted by molar-refractivity contribution is 6.45. The van der Waals surface area contributed by atoms with Crippen LogP contribution in [0.25, 0.3) is 0 Å². The van der Waals surface area contributed by atoms with Gasteiger partial charge >= 0.3 is 11.8 Å². The van der Waals surface area contributed by atoms with E-state index in [0.717, 1.165) is 5.56 Å². The van der Waals surface area contributed by atoms with Crippen molar-refractivity contribution >= 4 is 52.1 Å². The number of rotatable bonds is 2. The van der Waals surface area contributed by atoms with Crippen LogP contribution in [0.4, 0.5) is 17.1 Å². The summed E-state index contributed by atoms with van der Waals surface area (Å²) in [7, 11) is 0. The topological polar surface area (TPSA) is 84.2 Å². The lowest BCUT2D eigenvalue weighted by atomic mass is 10.2. The molecule has 2 aromatic rings. The summed E-state index contributed by atoms with van der Waals surface area (Å²) in [5, 5.41) is 5.63. The van der Waals surface area contributed by atoms with Crippen LogP contribution in [0.3, 0.4) is 0 Å². The lowest BCUT2D eigenvalue weighted by Crippen LogP contribution is -2.29. The molecular formula is C15H13Cl2N3O2. The van der Waals surface area contributed by atoms with Gasteiger partial charge in [-0.05, 0) is 42.8 Å². The molecule has 0 radical (unpaired) electrons. The van der Waals surface area contributed by atoms with Gasteiger partial charge in [-0.2, -0.15) is 0 Å². The van der Waals surface area contributed by atoms with Crippen LogP contribution < -0.4 is 16.4 Å². The number of hydrogen-bond acceptors (Lipinski definition) is 3. The zero-order valence-corrected chi connectivity index (χ0v) is 13.1. The van der Waals surface area contributed by atoms with Gasteiger partial charge in [0.25, 0.3) is 0 Å². The van der Waals surface area contributed by atoms with Crippen molar-refractivity contribution < 1.29 is 9.59 Å². The largest absolute Gasteiger partial charge is 0.399 e. The van der Waals surface area contributed by atoms with E-state index in [1.54, 1.807) is 31.2 Å². The number of anilines is 3. The molecular weight excluding hydrogens is 325 g/mol. The maximum Gasteiger partial charge on any atom is 0.314 e. The van der Waals surface area contributed by atoms with Crippen LogP contribution in [-0.2, 0) is 9.59 Å². The first-order valence-corrected chi connectivity index (χ1v) is 7.06. The summed E-state index contributed by atoms with van der Waals surface area (Å²) in [6, 6.07) is 9.58. The summed E-state index contributed by atoms with van der Waals surface area (Å²) >= 11 is 11.8. The number of hydrogen-bond donors (Lipinski definition) is 3. The Hall–Kier alpha value is -2.24. The minimum atomic E-state index is -0.842. The second-order valence-corrected chi connectivity index (χ2v) is 5.45. The molecule has 4 N–H and O–H groups in total. The highest BCUT2D eigenvalue weighted by Gasteiger charge is 2.16. The Balaban J connectivity index is 2.09. The summed E-state index contributed by atoms with van der Waals surface area (Å²) in [4.78, 5) is 23.8. The molecule has 0 aliphatic carbocycles. The van der Waals surface area contributed by atoms with Gasteiger partial charge in [0.05, 0.1) is 10.7 Å². The Labute approximate surface area is 137 Å². The maximum absolute atomic E-state index is 11.9. The fourth-order valence-electron chi connectivity index (χ4n) is 1.72. The molecule has 0 aliphatic rings. The maximum atomic E-state index is 11.9. The molecule has 0 aliphatic heterocycles. The fraction of sp³-hybridized carbons (Fsp3) is 0.0667. The molecule has 0 unspecified atom stereocenters. The number of nitrogens with one attached hydrogen (secondary N) is 2. The van der Waals surface area contributed by atoms with Crippen LogP contribution in [0.15, 0.2) is 36.4 Å². The van der Waals surface area contributed by atoms with Crippen LogP contribution in [0.5, 0.6) is 0 Å². The van der Waals surface area contributed by atoms with Crippen molar-refractivity contribution in [2.24, 2.45) is 0 Å². The monoisotopic (exact) mass is 337 g/mol. The van der Waals surface area contributed by atoms with Gasteiger partial charge in [-0.15, -0.1) is 0 Å². The zero-order chi connectivity index (χ0) is 16.3. The number of halogens is 2. The van der Waals surface area contributed by atoms with Crippen LogP contribution in [0.2, 0.25) is 10.0 Å². The summed E-state index contributed by atoms with van der Waals surface area (Å²) in [5.74, 6) is -1.66. The average molecular weight is 338 g/mol. The standard InChI is InChI=1S/C15H13Cl2N3O2/c1-8-2-3-9(16)6-13(8)20-15(22)14(21)19-12-5-4-10(18)7-11(12)17/h2-7H,18H2,1H3,(H,19,21)(H,20,22). The van der Waals surface area contributed by atoms with E-state index in [1.807, 2.05) is 0 Å². The molecule has 2 amide bonds. The third-order valence-corrected chi connectivity index (χ3v) is 3.44. The minimum Gasteiger partial charge on any atom is -0.399 e. The van der Waals surface area contributed by atoms with E-state index in [2.05, 4.69) is 10.6 Å². The Morgan fingerprint density at radius 2 is 1.59 bits per heavy atom. The number of carbonyl (C=O) groups is 2. The van der Waals surface area contributed by atoms with Gasteiger partial charge in [-0.3, -0.25) is 9.59 Å². The van der Waals surface area contributed by atoms with Crippen molar-refractivity contribution in [1.82, 2.24) is 0 Å². The molecule has 0 bridgehead atoms. The second kappa shape index (κ2) is 6.68. The number of aryl methyl sites for hydroxylation is 1. The number of nitrogen functional groups attached to an aromatic ring is 1. The Kier molecular flexibility index (Phi) is 4.90. The molecule has 0 aromatic heterocycles. The Morgan fingerprint density at radius 3 is 2.23 bits per heavy atom. The molecule has 114 valence electrons. The van der Waals surface area contributed by atoms with Crippen molar-refractivity contribution in [3.63, 3.8) is 0 Å². The lowest BCUT2D eigenvalue weighted by Gasteiger charge is -2.10. The minimum absolute atomic E-state index is 0.250. The third-order valence-electron chi connectivity index (χ3n) is 2.90. The SMILES string of the molecule is Cc1ccc(Cl)cc1NC(=O)C(=O)Nc1ccc(N)cc1Cl. The van der Waals surface area contributed by atoms with E-state index in [9.17, 15) is 9.59 Å². The summed E-state index contributed by atoms with van der Waals surface area (Å²) in [6.45, 7) is 1.79. The summed E-state index contributed by atoms with van der Waals surface area (Å²) in [6.07, 6.45) is 0. The van der Waals surface area contributed by atoms with Crippen LogP contribution in [0, 0.1) is 6.92 Å². The van der Waals surface area contributed by atoms with Crippen molar-refractivity contribution in [2.45, 2.75) is 6.92 Å². The molecule has 2 rings (SSSR count). The van der Waals surface area contributed by atoms with Gasteiger partial charge in [0.1, 0.15) is 0 Å². The van der Waals surface area contributed by atoms with Crippen LogP contribution >= 0.6 is 23.2 Å². The van der Waals surface area contributed by atoms with Crippen LogP contribution in [-0.4, -0.2) is 11.8 Å². The van der Waals surface area contributed by atoms with E-state index in [1.165, 1.54) is 12.1 Å². The normalized spacial score (nSPS) is 10.1. The molecule has 0 saturated heterocycles. The van der Waals surface area contributed by atoms with Gasteiger partial charge in [-0.25, -0.2) is 0 Å². The van der Waals surface area contributed by atoms with Gasteiger partial charge in [-0.1, -0.05) is 29.3 Å². The first-order valence-electron chi connectivity index (χ1n) is 6.30. The van der Waals surface area contributed by atoms with Gasteiger partial charge in [0.15, 0.2) is 0 Å². The fourth-order valence-corrected chi connectivity index (χ4v) is 2.13. The van der Waals surface area contributed by atoms with Crippen LogP contribution in [0.1, 0.15) is 5.56 Å². The highest BCUT2D eigenvalue weighted by Crippen LogP contribution is 2.24. The molecule has 5 nitrogen and oxygen atoms in total. The van der Waals surface area contributed by atoms with E-state index in [-0.39, 0.29) is 5.02 Å². The smallest absolute Gasteiger partial charge is 0.314 e. The van der Waals surface area contributed by atoms with Gasteiger partial charge in [0, 0.05) is 16.4 Å². The molecule has 7 heteroatoms. The number of carbonyl (C=O) groups excluding carboxylic acids is 2. The highest BCUT2D eigenvalue weighted by atomic mass is 35.5. The van der Waals surface area contributed by atoms with Crippen molar-refractivity contribution in [1.29, 1.82) is 0 Å². The predicted octanol–water partition coefficient (Wildman–Crippen LogP) is 3.46. The second-order valence-electron chi connectivity index (χ2n) is 4.61. The van der Waals surface area contributed by atoms with E-state index < -0.39 is 11.8 Å². The van der Waals surface area contributed by atoms with Crippen molar-refractivity contribution in [3.8, 4) is 0 Å². The van der Waals surface area contributed by atoms with E-state index in [4.69, 9.17) is 28.9 Å². The van der Waals surface area contributed by atoms with E-state index >= 15 is 0 Å². The van der Waals surface area contributed by atoms with Gasteiger partial charge in [0.2, 0.25) is 0 Å². The summed E-state index contributed by atoms with van der Waals surface area (Å²) in [5.41, 5.74) is 7.58. The summed E-state index contributed by atoms with van der Waals surface area (Å²) < 4.78 is 0. The molecule has 0 spiro atoms. The molecule has 0 heterocycles. The molecule has 2 aromatic carbocycles. The lowest BCUT2D eigenvalue weighted by molar-refractivity contribution is -0.133. The average Bonchev–Trinajstić information content (AvgIpc) is 2.45. The van der Waals surface area contributed by atoms with E-state index in [0.29, 0.717) is 22.1 Å². The Bertz CT molecular complexity index is 748. The number of amides is 2. The molecule has 0 fully saturated rings. The first-order chi connectivity index (χ1) is 10.4. The molecule has 0 saturated carbocycles. The zero-order valence-electron chi connectivity index (χ0n) is 11.6. The third kappa shape index (κ3) is 3.90.